The van der Waals surface area contributed by atoms with Crippen LogP contribution >= 0.6 is 0 Å². The van der Waals surface area contributed by atoms with E-state index in [1.54, 1.807) is 0 Å². The lowest BCUT2D eigenvalue weighted by Gasteiger charge is -2.20. The average molecular weight is 239 g/mol. The SMILES string of the molecule is C[C@](N)(C(=O)O)c1ccc(O)c(CC(=O)O)c1. The Morgan fingerprint density at radius 2 is 1.94 bits per heavy atom. The number of hydrogen-bond donors (Lipinski definition) is 4. The predicted octanol–water partition coefficient (Wildman–Crippen LogP) is 0.278. The molecule has 17 heavy (non-hydrogen) atoms. The van der Waals surface area contributed by atoms with Gasteiger partial charge in [0.15, 0.2) is 0 Å². The summed E-state index contributed by atoms with van der Waals surface area (Å²) in [5.74, 6) is -2.55. The van der Waals surface area contributed by atoms with Crippen LogP contribution in [0.3, 0.4) is 0 Å². The summed E-state index contributed by atoms with van der Waals surface area (Å²) >= 11 is 0. The molecule has 5 N–H and O–H groups in total. The van der Waals surface area contributed by atoms with Gasteiger partial charge in [-0.1, -0.05) is 6.07 Å². The molecule has 1 rings (SSSR count). The fraction of sp³-hybridized carbons (Fsp3) is 0.273. The molecule has 0 fully saturated rings. The van der Waals surface area contributed by atoms with Crippen LogP contribution in [0.1, 0.15) is 18.1 Å². The Bertz CT molecular complexity index is 467. The van der Waals surface area contributed by atoms with Crippen molar-refractivity contribution in [3.8, 4) is 5.75 Å². The molecule has 0 bridgehead atoms. The smallest absolute Gasteiger partial charge is 0.328 e. The number of aromatic hydroxyl groups is 1. The Kier molecular flexibility index (Phi) is 3.38. The summed E-state index contributed by atoms with van der Waals surface area (Å²) in [6.45, 7) is 1.30. The first-order valence-corrected chi connectivity index (χ1v) is 4.81. The minimum Gasteiger partial charge on any atom is -0.508 e. The Labute approximate surface area is 97.3 Å². The largest absolute Gasteiger partial charge is 0.508 e. The van der Waals surface area contributed by atoms with E-state index in [0.29, 0.717) is 0 Å². The molecule has 0 spiro atoms. The molecule has 0 aromatic heterocycles. The number of phenolic OH excluding ortho intramolecular Hbond substituents is 1. The second-order valence-corrected chi connectivity index (χ2v) is 3.92. The molecule has 0 aliphatic heterocycles. The molecule has 92 valence electrons. The summed E-state index contributed by atoms with van der Waals surface area (Å²) in [4.78, 5) is 21.5. The minimum absolute atomic E-state index is 0.132. The molecule has 0 radical (unpaired) electrons. The number of nitrogens with two attached hydrogens (primary N) is 1. The van der Waals surface area contributed by atoms with Crippen molar-refractivity contribution in [2.45, 2.75) is 18.9 Å². The van der Waals surface area contributed by atoms with Gasteiger partial charge in [0.1, 0.15) is 11.3 Å². The monoisotopic (exact) mass is 239 g/mol. The lowest BCUT2D eigenvalue weighted by molar-refractivity contribution is -0.143. The van der Waals surface area contributed by atoms with Crippen LogP contribution in [0.25, 0.3) is 0 Å². The van der Waals surface area contributed by atoms with Crippen LogP contribution in [0.5, 0.6) is 5.75 Å². The molecule has 6 nitrogen and oxygen atoms in total. The number of benzene rings is 1. The van der Waals surface area contributed by atoms with Crippen molar-refractivity contribution < 1.29 is 24.9 Å². The highest BCUT2D eigenvalue weighted by molar-refractivity contribution is 5.80. The maximum Gasteiger partial charge on any atom is 0.328 e. The fourth-order valence-corrected chi connectivity index (χ4v) is 1.34. The number of phenols is 1. The van der Waals surface area contributed by atoms with Gasteiger partial charge < -0.3 is 21.1 Å². The first-order chi connectivity index (χ1) is 7.75. The molecule has 0 saturated heterocycles. The first-order valence-electron chi connectivity index (χ1n) is 4.81. The fourth-order valence-electron chi connectivity index (χ4n) is 1.34. The zero-order chi connectivity index (χ0) is 13.2. The second-order valence-electron chi connectivity index (χ2n) is 3.92. The molecule has 1 aromatic carbocycles. The van der Waals surface area contributed by atoms with E-state index in [9.17, 15) is 14.7 Å². The predicted molar refractivity (Wildman–Crippen MR) is 58.6 cm³/mol. The van der Waals surface area contributed by atoms with Crippen molar-refractivity contribution in [2.75, 3.05) is 0 Å². The van der Waals surface area contributed by atoms with Crippen LogP contribution in [0.2, 0.25) is 0 Å². The van der Waals surface area contributed by atoms with E-state index in [2.05, 4.69) is 0 Å². The lowest BCUT2D eigenvalue weighted by Crippen LogP contribution is -2.41. The topological polar surface area (TPSA) is 121 Å². The third-order valence-electron chi connectivity index (χ3n) is 2.47. The van der Waals surface area contributed by atoms with E-state index in [1.807, 2.05) is 0 Å². The molecule has 0 amide bonds. The van der Waals surface area contributed by atoms with Gasteiger partial charge in [-0.3, -0.25) is 4.79 Å². The van der Waals surface area contributed by atoms with E-state index >= 15 is 0 Å². The molecule has 6 heteroatoms. The van der Waals surface area contributed by atoms with Gasteiger partial charge in [-0.25, -0.2) is 4.79 Å². The Morgan fingerprint density at radius 1 is 1.35 bits per heavy atom. The van der Waals surface area contributed by atoms with Gasteiger partial charge in [0.25, 0.3) is 0 Å². The molecule has 1 atom stereocenters. The Morgan fingerprint density at radius 3 is 2.41 bits per heavy atom. The zero-order valence-corrected chi connectivity index (χ0v) is 9.17. The van der Waals surface area contributed by atoms with Crippen molar-refractivity contribution in [3.05, 3.63) is 29.3 Å². The van der Waals surface area contributed by atoms with Crippen molar-refractivity contribution in [1.82, 2.24) is 0 Å². The number of rotatable bonds is 4. The van der Waals surface area contributed by atoms with E-state index < -0.39 is 23.9 Å². The van der Waals surface area contributed by atoms with Crippen LogP contribution in [0.4, 0.5) is 0 Å². The van der Waals surface area contributed by atoms with Gasteiger partial charge in [-0.2, -0.15) is 0 Å². The summed E-state index contributed by atoms with van der Waals surface area (Å²) in [6, 6.07) is 3.88. The minimum atomic E-state index is -1.62. The third-order valence-corrected chi connectivity index (χ3v) is 2.47. The van der Waals surface area contributed by atoms with Crippen LogP contribution in [0, 0.1) is 0 Å². The van der Waals surface area contributed by atoms with Crippen molar-refractivity contribution in [1.29, 1.82) is 0 Å². The number of carboxylic acid groups (broad SMARTS) is 2. The maximum absolute atomic E-state index is 10.9. The normalized spacial score (nSPS) is 14.0. The van der Waals surface area contributed by atoms with Gasteiger partial charge in [-0.05, 0) is 24.6 Å². The van der Waals surface area contributed by atoms with E-state index in [-0.39, 0.29) is 16.9 Å². The molecule has 0 aliphatic rings. The highest BCUT2D eigenvalue weighted by Gasteiger charge is 2.30. The van der Waals surface area contributed by atoms with Gasteiger partial charge in [0, 0.05) is 5.56 Å². The lowest BCUT2D eigenvalue weighted by atomic mass is 9.91. The number of hydrogen-bond acceptors (Lipinski definition) is 4. The van der Waals surface area contributed by atoms with Crippen molar-refractivity contribution in [3.63, 3.8) is 0 Å². The molecular weight excluding hydrogens is 226 g/mol. The number of carbonyl (C=O) groups is 2. The Balaban J connectivity index is 3.21. The van der Waals surface area contributed by atoms with Crippen molar-refractivity contribution in [2.24, 2.45) is 5.73 Å². The second kappa shape index (κ2) is 4.42. The van der Waals surface area contributed by atoms with Crippen LogP contribution < -0.4 is 5.73 Å². The van der Waals surface area contributed by atoms with Crippen LogP contribution in [-0.4, -0.2) is 27.3 Å². The number of carboxylic acids is 2. The van der Waals surface area contributed by atoms with Crippen LogP contribution in [-0.2, 0) is 21.5 Å². The van der Waals surface area contributed by atoms with Crippen molar-refractivity contribution >= 4 is 11.9 Å². The molecule has 1 aromatic rings. The first kappa shape index (κ1) is 13.0. The summed E-state index contributed by atoms with van der Waals surface area (Å²) < 4.78 is 0. The molecule has 0 aliphatic carbocycles. The highest BCUT2D eigenvalue weighted by Crippen LogP contribution is 2.25. The van der Waals surface area contributed by atoms with Gasteiger partial charge in [-0.15, -0.1) is 0 Å². The number of aliphatic carboxylic acids is 2. The van der Waals surface area contributed by atoms with Crippen LogP contribution in [0.15, 0.2) is 18.2 Å². The summed E-state index contributed by atoms with van der Waals surface area (Å²) in [5.41, 5.74) is 4.35. The van der Waals surface area contributed by atoms with E-state index in [0.717, 1.165) is 0 Å². The maximum atomic E-state index is 10.9. The Hall–Kier alpha value is -2.08. The summed E-state index contributed by atoms with van der Waals surface area (Å²) in [5, 5.41) is 27.0. The molecule has 0 unspecified atom stereocenters. The molecule has 0 saturated carbocycles. The van der Waals surface area contributed by atoms with E-state index in [4.69, 9.17) is 15.9 Å². The van der Waals surface area contributed by atoms with Gasteiger partial charge in [0.2, 0.25) is 0 Å². The van der Waals surface area contributed by atoms with Gasteiger partial charge >= 0.3 is 11.9 Å². The highest BCUT2D eigenvalue weighted by atomic mass is 16.4. The standard InChI is InChI=1S/C11H13NO5/c1-11(12,10(16)17)7-2-3-8(13)6(4-7)5-9(14)15/h2-4,13H,5,12H2,1H3,(H,14,15)(H,16,17)/t11-/m1/s1. The summed E-state index contributed by atoms with van der Waals surface area (Å²) in [7, 11) is 0. The van der Waals surface area contributed by atoms with Gasteiger partial charge in [0.05, 0.1) is 6.42 Å². The van der Waals surface area contributed by atoms with E-state index in [1.165, 1.54) is 25.1 Å². The quantitative estimate of drug-likeness (QED) is 0.598. The average Bonchev–Trinajstić information content (AvgIpc) is 2.20. The summed E-state index contributed by atoms with van der Waals surface area (Å²) in [6.07, 6.45) is -0.393. The zero-order valence-electron chi connectivity index (χ0n) is 9.17. The molecular formula is C11H13NO5. The molecule has 0 heterocycles. The third kappa shape index (κ3) is 2.73.